The molecule has 2 atom stereocenters. The predicted octanol–water partition coefficient (Wildman–Crippen LogP) is 2.81. The summed E-state index contributed by atoms with van der Waals surface area (Å²) in [6.07, 6.45) is 5.11. The maximum Gasteiger partial charge on any atom is 0.0294 e. The van der Waals surface area contributed by atoms with Crippen molar-refractivity contribution in [3.8, 4) is 0 Å². The van der Waals surface area contributed by atoms with Gasteiger partial charge in [-0.2, -0.15) is 0 Å². The molecule has 1 fully saturated rings. The lowest BCUT2D eigenvalue weighted by Crippen LogP contribution is -2.32. The highest BCUT2D eigenvalue weighted by Crippen LogP contribution is 2.24. The van der Waals surface area contributed by atoms with E-state index in [2.05, 4.69) is 36.2 Å². The average molecular weight is 232 g/mol. The Morgan fingerprint density at radius 2 is 2.12 bits per heavy atom. The fourth-order valence-electron chi connectivity index (χ4n) is 2.79. The van der Waals surface area contributed by atoms with Crippen LogP contribution in [0.4, 0.5) is 0 Å². The van der Waals surface area contributed by atoms with Gasteiger partial charge in [0, 0.05) is 12.6 Å². The molecule has 2 N–H and O–H groups in total. The predicted molar refractivity (Wildman–Crippen MR) is 72.8 cm³/mol. The lowest BCUT2D eigenvalue weighted by Gasteiger charge is -2.30. The van der Waals surface area contributed by atoms with E-state index in [1.807, 2.05) is 6.07 Å². The molecule has 2 unspecified atom stereocenters. The molecule has 2 heteroatoms. The molecule has 0 saturated carbocycles. The van der Waals surface area contributed by atoms with Crippen LogP contribution in [0.3, 0.4) is 0 Å². The quantitative estimate of drug-likeness (QED) is 0.865. The van der Waals surface area contributed by atoms with Crippen molar-refractivity contribution in [1.82, 2.24) is 4.90 Å². The molecule has 0 spiro atoms. The first kappa shape index (κ1) is 12.6. The maximum absolute atomic E-state index is 6.23. The molecule has 1 saturated heterocycles. The van der Waals surface area contributed by atoms with Crippen molar-refractivity contribution in [3.05, 3.63) is 35.9 Å². The molecule has 1 aromatic rings. The number of benzene rings is 1. The van der Waals surface area contributed by atoms with Gasteiger partial charge in [0.25, 0.3) is 0 Å². The Balaban J connectivity index is 1.78. The van der Waals surface area contributed by atoms with Crippen molar-refractivity contribution < 1.29 is 0 Å². The Hall–Kier alpha value is -0.860. The molecule has 1 aliphatic rings. The Morgan fingerprint density at radius 1 is 1.35 bits per heavy atom. The minimum absolute atomic E-state index is 0.212. The van der Waals surface area contributed by atoms with Crippen LogP contribution in [0.2, 0.25) is 0 Å². The summed E-state index contributed by atoms with van der Waals surface area (Å²) >= 11 is 0. The molecule has 1 heterocycles. The second kappa shape index (κ2) is 6.18. The van der Waals surface area contributed by atoms with Gasteiger partial charge in [-0.15, -0.1) is 0 Å². The Kier molecular flexibility index (Phi) is 4.57. The fraction of sp³-hybridized carbons (Fsp3) is 0.600. The molecule has 94 valence electrons. The Bertz CT molecular complexity index is 323. The van der Waals surface area contributed by atoms with Crippen molar-refractivity contribution in [3.63, 3.8) is 0 Å². The van der Waals surface area contributed by atoms with Gasteiger partial charge in [0.2, 0.25) is 0 Å². The van der Waals surface area contributed by atoms with Crippen LogP contribution in [-0.4, -0.2) is 25.0 Å². The van der Waals surface area contributed by atoms with Crippen LogP contribution in [0, 0.1) is 5.92 Å². The summed E-state index contributed by atoms with van der Waals surface area (Å²) in [6.45, 7) is 2.52. The van der Waals surface area contributed by atoms with E-state index < -0.39 is 0 Å². The summed E-state index contributed by atoms with van der Waals surface area (Å²) in [5.74, 6) is 0.850. The van der Waals surface area contributed by atoms with E-state index in [1.165, 1.54) is 37.9 Å². The molecule has 2 rings (SSSR count). The number of hydrogen-bond donors (Lipinski definition) is 1. The average Bonchev–Trinajstić information content (AvgIpc) is 2.37. The number of nitrogens with zero attached hydrogens (tertiary/aromatic N) is 1. The van der Waals surface area contributed by atoms with Crippen molar-refractivity contribution in [2.45, 2.75) is 31.7 Å². The third kappa shape index (κ3) is 3.83. The van der Waals surface area contributed by atoms with E-state index >= 15 is 0 Å². The van der Waals surface area contributed by atoms with Crippen molar-refractivity contribution in [2.24, 2.45) is 11.7 Å². The largest absolute Gasteiger partial charge is 0.324 e. The molecule has 0 aromatic heterocycles. The summed E-state index contributed by atoms with van der Waals surface area (Å²) in [5.41, 5.74) is 7.51. The normalized spacial score (nSPS) is 23.5. The standard InChI is InChI=1S/C15H24N2/c1-17-11-5-6-13(12-17)9-10-15(16)14-7-3-2-4-8-14/h2-4,7-8,13,15H,5-6,9-12,16H2,1H3. The van der Waals surface area contributed by atoms with Gasteiger partial charge in [-0.25, -0.2) is 0 Å². The highest BCUT2D eigenvalue weighted by atomic mass is 15.1. The number of nitrogens with two attached hydrogens (primary N) is 1. The summed E-state index contributed by atoms with van der Waals surface area (Å²) in [5, 5.41) is 0. The summed E-state index contributed by atoms with van der Waals surface area (Å²) in [7, 11) is 2.23. The summed E-state index contributed by atoms with van der Waals surface area (Å²) in [4.78, 5) is 2.45. The third-order valence-corrected chi connectivity index (χ3v) is 3.84. The van der Waals surface area contributed by atoms with Crippen LogP contribution < -0.4 is 5.73 Å². The van der Waals surface area contributed by atoms with Crippen molar-refractivity contribution >= 4 is 0 Å². The molecule has 2 nitrogen and oxygen atoms in total. The zero-order valence-electron chi connectivity index (χ0n) is 10.8. The minimum Gasteiger partial charge on any atom is -0.324 e. The van der Waals surface area contributed by atoms with Crippen LogP contribution in [0.15, 0.2) is 30.3 Å². The number of likely N-dealkylation sites (tertiary alicyclic amines) is 1. The molecular weight excluding hydrogens is 208 g/mol. The first-order valence-electron chi connectivity index (χ1n) is 6.75. The monoisotopic (exact) mass is 232 g/mol. The van der Waals surface area contributed by atoms with Crippen LogP contribution in [0.1, 0.15) is 37.3 Å². The van der Waals surface area contributed by atoms with E-state index in [4.69, 9.17) is 5.73 Å². The summed E-state index contributed by atoms with van der Waals surface area (Å²) < 4.78 is 0. The molecule has 1 aliphatic heterocycles. The zero-order chi connectivity index (χ0) is 12.1. The minimum atomic E-state index is 0.212. The maximum atomic E-state index is 6.23. The molecule has 0 radical (unpaired) electrons. The number of rotatable bonds is 4. The van der Waals surface area contributed by atoms with E-state index in [9.17, 15) is 0 Å². The van der Waals surface area contributed by atoms with Crippen LogP contribution in [0.5, 0.6) is 0 Å². The number of piperidine rings is 1. The van der Waals surface area contributed by atoms with Crippen molar-refractivity contribution in [2.75, 3.05) is 20.1 Å². The van der Waals surface area contributed by atoms with Gasteiger partial charge in [-0.05, 0) is 50.8 Å². The van der Waals surface area contributed by atoms with E-state index in [-0.39, 0.29) is 6.04 Å². The molecule has 17 heavy (non-hydrogen) atoms. The van der Waals surface area contributed by atoms with Crippen molar-refractivity contribution in [1.29, 1.82) is 0 Å². The van der Waals surface area contributed by atoms with Gasteiger partial charge in [0.1, 0.15) is 0 Å². The third-order valence-electron chi connectivity index (χ3n) is 3.84. The second-order valence-electron chi connectivity index (χ2n) is 5.37. The lowest BCUT2D eigenvalue weighted by molar-refractivity contribution is 0.198. The van der Waals surface area contributed by atoms with Gasteiger partial charge in [0.05, 0.1) is 0 Å². The Labute approximate surface area is 105 Å². The molecular formula is C15H24N2. The molecule has 0 bridgehead atoms. The SMILES string of the molecule is CN1CCCC(CCC(N)c2ccccc2)C1. The van der Waals surface area contributed by atoms with E-state index in [0.29, 0.717) is 0 Å². The van der Waals surface area contributed by atoms with Crippen LogP contribution in [0.25, 0.3) is 0 Å². The highest BCUT2D eigenvalue weighted by molar-refractivity contribution is 5.18. The smallest absolute Gasteiger partial charge is 0.0294 e. The van der Waals surface area contributed by atoms with Gasteiger partial charge in [0.15, 0.2) is 0 Å². The Morgan fingerprint density at radius 3 is 2.82 bits per heavy atom. The van der Waals surface area contributed by atoms with Gasteiger partial charge >= 0.3 is 0 Å². The zero-order valence-corrected chi connectivity index (χ0v) is 10.8. The van der Waals surface area contributed by atoms with E-state index in [1.54, 1.807) is 0 Å². The van der Waals surface area contributed by atoms with Gasteiger partial charge < -0.3 is 10.6 Å². The molecule has 0 amide bonds. The van der Waals surface area contributed by atoms with Crippen LogP contribution in [-0.2, 0) is 0 Å². The van der Waals surface area contributed by atoms with E-state index in [0.717, 1.165) is 12.3 Å². The lowest BCUT2D eigenvalue weighted by atomic mass is 9.90. The molecule has 0 aliphatic carbocycles. The summed E-state index contributed by atoms with van der Waals surface area (Å²) in [6, 6.07) is 10.7. The fourth-order valence-corrected chi connectivity index (χ4v) is 2.79. The first-order valence-corrected chi connectivity index (χ1v) is 6.75. The topological polar surface area (TPSA) is 29.3 Å². The first-order chi connectivity index (χ1) is 8.25. The molecule has 1 aromatic carbocycles. The second-order valence-corrected chi connectivity index (χ2v) is 5.37. The van der Waals surface area contributed by atoms with Crippen LogP contribution >= 0.6 is 0 Å². The van der Waals surface area contributed by atoms with Gasteiger partial charge in [-0.1, -0.05) is 30.3 Å². The number of hydrogen-bond acceptors (Lipinski definition) is 2. The highest BCUT2D eigenvalue weighted by Gasteiger charge is 2.18. The van der Waals surface area contributed by atoms with Gasteiger partial charge in [-0.3, -0.25) is 0 Å².